The first-order valence-corrected chi connectivity index (χ1v) is 22.1. The summed E-state index contributed by atoms with van der Waals surface area (Å²) >= 11 is 0. The Labute approximate surface area is 369 Å². The molecule has 6 atom stereocenters. The molecule has 0 unspecified atom stereocenters. The van der Waals surface area contributed by atoms with Gasteiger partial charge in [0, 0.05) is 13.0 Å². The molecule has 0 heterocycles. The maximum absolute atomic E-state index is 13.9. The molecular weight excluding hydrogens is 797 g/mol. The van der Waals surface area contributed by atoms with Crippen molar-refractivity contribution in [3.8, 4) is 0 Å². The normalized spacial score (nSPS) is 14.7. The van der Waals surface area contributed by atoms with Crippen LogP contribution in [0.5, 0.6) is 0 Å². The second kappa shape index (κ2) is 26.7. The van der Waals surface area contributed by atoms with E-state index in [0.29, 0.717) is 25.8 Å². The molecule has 0 radical (unpaired) electrons. The standard InChI is InChI=1S/C46H78N6O10/c1-14-18-32(48-42(58)35(26-29(4)5)50-41(57)33(51-44(60)62-46(11,12)13)21-22-38(55)61-45(8,9)10)40(56)49-34(25-28(2)3)36(53)27-37(54)52-39(30(6)7)43(59)47-24-23-31-19-16-15-17-20-31/h15-17,19-20,28-30,32-36,39,53H,14,18,21-27H2,1-13H3,(H,47,59)(H,48,58)(H,49,56)(H,50,57)(H,51,60)(H,52,54)/t32-,33-,34-,35-,36-,39-/m0/s1. The van der Waals surface area contributed by atoms with Gasteiger partial charge in [-0.25, -0.2) is 4.79 Å². The molecule has 16 nitrogen and oxygen atoms in total. The molecule has 0 aromatic heterocycles. The van der Waals surface area contributed by atoms with Gasteiger partial charge in [0.15, 0.2) is 0 Å². The van der Waals surface area contributed by atoms with Crippen LogP contribution < -0.4 is 31.9 Å². The molecule has 1 aromatic rings. The van der Waals surface area contributed by atoms with Gasteiger partial charge in [-0.15, -0.1) is 0 Å². The first-order chi connectivity index (χ1) is 28.7. The Morgan fingerprint density at radius 2 is 1.18 bits per heavy atom. The molecule has 0 bridgehead atoms. The number of carbonyl (C=O) groups excluding carboxylic acids is 7. The lowest BCUT2D eigenvalue weighted by Crippen LogP contribution is -2.58. The fourth-order valence-corrected chi connectivity index (χ4v) is 6.47. The Kier molecular flexibility index (Phi) is 23.8. The quantitative estimate of drug-likeness (QED) is 0.0676. The van der Waals surface area contributed by atoms with Gasteiger partial charge in [-0.1, -0.05) is 85.2 Å². The van der Waals surface area contributed by atoms with E-state index in [1.54, 1.807) is 41.5 Å². The highest BCUT2D eigenvalue weighted by Gasteiger charge is 2.34. The SMILES string of the molecule is CCC[C@H](NC(=O)[C@H](CC(C)C)NC(=O)[C@H](CCC(=O)OC(C)(C)C)NC(=O)OC(C)(C)C)C(=O)N[C@@H](CC(C)C)[C@@H](O)CC(=O)N[C@H](C(=O)NCCc1ccccc1)C(C)C. The number of ether oxygens (including phenoxy) is 2. The Balaban J connectivity index is 3.15. The predicted octanol–water partition coefficient (Wildman–Crippen LogP) is 4.60. The predicted molar refractivity (Wildman–Crippen MR) is 238 cm³/mol. The third kappa shape index (κ3) is 23.5. The number of aliphatic hydroxyl groups is 1. The van der Waals surface area contributed by atoms with Crippen molar-refractivity contribution < 1.29 is 48.1 Å². The van der Waals surface area contributed by atoms with Gasteiger partial charge >= 0.3 is 12.1 Å². The maximum atomic E-state index is 13.9. The summed E-state index contributed by atoms with van der Waals surface area (Å²) in [6.07, 6.45) is -1.13. The second-order valence-electron chi connectivity index (χ2n) is 19.2. The lowest BCUT2D eigenvalue weighted by atomic mass is 9.95. The van der Waals surface area contributed by atoms with Crippen LogP contribution in [0.1, 0.15) is 141 Å². The Morgan fingerprint density at radius 3 is 1.71 bits per heavy atom. The summed E-state index contributed by atoms with van der Waals surface area (Å²) in [5, 5.41) is 27.8. The Morgan fingerprint density at radius 1 is 0.645 bits per heavy atom. The first-order valence-electron chi connectivity index (χ1n) is 22.1. The van der Waals surface area contributed by atoms with Gasteiger partial charge in [0.2, 0.25) is 29.5 Å². The van der Waals surface area contributed by atoms with E-state index in [9.17, 15) is 38.7 Å². The molecule has 6 amide bonds. The molecule has 1 aromatic carbocycles. The van der Waals surface area contributed by atoms with Gasteiger partial charge in [0.25, 0.3) is 0 Å². The van der Waals surface area contributed by atoms with Gasteiger partial charge in [-0.05, 0) is 97.0 Å². The van der Waals surface area contributed by atoms with Crippen LogP contribution in [0.4, 0.5) is 4.79 Å². The lowest BCUT2D eigenvalue weighted by Gasteiger charge is -2.30. The van der Waals surface area contributed by atoms with Crippen molar-refractivity contribution in [1.82, 2.24) is 31.9 Å². The van der Waals surface area contributed by atoms with Crippen LogP contribution >= 0.6 is 0 Å². The van der Waals surface area contributed by atoms with Crippen molar-refractivity contribution in [2.24, 2.45) is 17.8 Å². The number of hydrogen-bond acceptors (Lipinski definition) is 10. The monoisotopic (exact) mass is 875 g/mol. The van der Waals surface area contributed by atoms with E-state index in [4.69, 9.17) is 9.47 Å². The number of rotatable bonds is 25. The minimum atomic E-state index is -1.32. The molecule has 352 valence electrons. The minimum Gasteiger partial charge on any atom is -0.460 e. The van der Waals surface area contributed by atoms with Crippen molar-refractivity contribution in [1.29, 1.82) is 0 Å². The molecule has 1 rings (SSSR count). The summed E-state index contributed by atoms with van der Waals surface area (Å²) in [5.41, 5.74) is -0.579. The summed E-state index contributed by atoms with van der Waals surface area (Å²) in [6.45, 7) is 23.5. The Bertz CT molecular complexity index is 1590. The molecule has 0 aliphatic heterocycles. The summed E-state index contributed by atoms with van der Waals surface area (Å²) in [5.74, 6) is -3.78. The zero-order valence-electron chi connectivity index (χ0n) is 39.6. The van der Waals surface area contributed by atoms with Gasteiger partial charge in [0.1, 0.15) is 35.4 Å². The fourth-order valence-electron chi connectivity index (χ4n) is 6.47. The smallest absolute Gasteiger partial charge is 0.408 e. The summed E-state index contributed by atoms with van der Waals surface area (Å²) < 4.78 is 10.7. The molecule has 0 fully saturated rings. The molecule has 16 heteroatoms. The van der Waals surface area contributed by atoms with Crippen LogP contribution in [0, 0.1) is 17.8 Å². The van der Waals surface area contributed by atoms with E-state index in [2.05, 4.69) is 31.9 Å². The van der Waals surface area contributed by atoms with E-state index in [1.807, 2.05) is 78.8 Å². The van der Waals surface area contributed by atoms with E-state index < -0.39 is 89.6 Å². The largest absolute Gasteiger partial charge is 0.460 e. The number of alkyl carbamates (subject to hydrolysis) is 1. The third-order valence-electron chi connectivity index (χ3n) is 9.35. The number of carbonyl (C=O) groups is 7. The van der Waals surface area contributed by atoms with Crippen LogP contribution in [0.3, 0.4) is 0 Å². The van der Waals surface area contributed by atoms with Gasteiger partial charge in [0.05, 0.1) is 18.6 Å². The summed E-state index contributed by atoms with van der Waals surface area (Å²) in [6, 6.07) is 4.50. The average Bonchev–Trinajstić information content (AvgIpc) is 3.13. The highest BCUT2D eigenvalue weighted by molar-refractivity contribution is 5.94. The van der Waals surface area contributed by atoms with Crippen LogP contribution in [0.25, 0.3) is 0 Å². The number of amides is 6. The fraction of sp³-hybridized carbons (Fsp3) is 0.717. The zero-order valence-corrected chi connectivity index (χ0v) is 39.6. The molecule has 0 aliphatic rings. The van der Waals surface area contributed by atoms with Gasteiger partial charge in [-0.3, -0.25) is 28.8 Å². The van der Waals surface area contributed by atoms with Crippen molar-refractivity contribution >= 4 is 41.6 Å². The Hall–Kier alpha value is -4.73. The third-order valence-corrected chi connectivity index (χ3v) is 9.35. The zero-order chi connectivity index (χ0) is 47.4. The van der Waals surface area contributed by atoms with Crippen LogP contribution in [0.2, 0.25) is 0 Å². The van der Waals surface area contributed by atoms with E-state index in [1.165, 1.54) is 0 Å². The summed E-state index contributed by atoms with van der Waals surface area (Å²) in [4.78, 5) is 93.3. The average molecular weight is 875 g/mol. The molecule has 0 saturated carbocycles. The second-order valence-corrected chi connectivity index (χ2v) is 19.2. The molecule has 0 spiro atoms. The van der Waals surface area contributed by atoms with Gasteiger partial charge < -0.3 is 46.5 Å². The van der Waals surface area contributed by atoms with E-state index in [0.717, 1.165) is 5.56 Å². The molecule has 7 N–H and O–H groups in total. The number of hydrogen-bond donors (Lipinski definition) is 7. The van der Waals surface area contributed by atoms with Crippen molar-refractivity contribution in [2.75, 3.05) is 6.54 Å². The summed E-state index contributed by atoms with van der Waals surface area (Å²) in [7, 11) is 0. The number of benzene rings is 1. The van der Waals surface area contributed by atoms with Gasteiger partial charge in [-0.2, -0.15) is 0 Å². The maximum Gasteiger partial charge on any atom is 0.408 e. The highest BCUT2D eigenvalue weighted by Crippen LogP contribution is 2.16. The number of esters is 1. The van der Waals surface area contributed by atoms with Crippen molar-refractivity contribution in [2.45, 2.75) is 189 Å². The lowest BCUT2D eigenvalue weighted by molar-refractivity contribution is -0.155. The highest BCUT2D eigenvalue weighted by atomic mass is 16.6. The van der Waals surface area contributed by atoms with Crippen molar-refractivity contribution in [3.63, 3.8) is 0 Å². The number of nitrogens with one attached hydrogen (secondary N) is 6. The van der Waals surface area contributed by atoms with E-state index >= 15 is 0 Å². The molecule has 0 saturated heterocycles. The topological polar surface area (TPSA) is 230 Å². The molecule has 0 aliphatic carbocycles. The molecular formula is C46H78N6O10. The van der Waals surface area contributed by atoms with E-state index in [-0.39, 0.29) is 49.3 Å². The molecule has 62 heavy (non-hydrogen) atoms. The van der Waals surface area contributed by atoms with Crippen LogP contribution in [0.15, 0.2) is 30.3 Å². The minimum absolute atomic E-state index is 0.000722. The first kappa shape index (κ1) is 55.3. The van der Waals surface area contributed by atoms with Crippen molar-refractivity contribution in [3.05, 3.63) is 35.9 Å². The number of aliphatic hydroxyl groups excluding tert-OH is 1. The van der Waals surface area contributed by atoms with Crippen LogP contribution in [-0.4, -0.2) is 101 Å². The van der Waals surface area contributed by atoms with Crippen LogP contribution in [-0.2, 0) is 44.7 Å².